The Morgan fingerprint density at radius 2 is 1.72 bits per heavy atom. The number of rotatable bonds is 3. The molecule has 3 nitrogen and oxygen atoms in total. The van der Waals surface area contributed by atoms with Gasteiger partial charge in [0.25, 0.3) is 5.91 Å². The van der Waals surface area contributed by atoms with E-state index in [0.717, 1.165) is 24.1 Å². The maximum atomic E-state index is 13.9. The maximum Gasteiger partial charge on any atom is 0.279 e. The van der Waals surface area contributed by atoms with E-state index in [0.29, 0.717) is 23.0 Å². The van der Waals surface area contributed by atoms with Gasteiger partial charge in [-0.05, 0) is 60.6 Å². The average Bonchev–Trinajstić information content (AvgIpc) is 2.92. The summed E-state index contributed by atoms with van der Waals surface area (Å²) in [7, 11) is 0. The Balaban J connectivity index is 1.79. The van der Waals surface area contributed by atoms with Crippen molar-refractivity contribution in [1.82, 2.24) is 0 Å². The lowest BCUT2D eigenvalue weighted by molar-refractivity contribution is -0.114. The highest BCUT2D eigenvalue weighted by Gasteiger charge is 2.41. The molecule has 150 valence electrons. The van der Waals surface area contributed by atoms with Crippen LogP contribution in [0, 0.1) is 23.0 Å². The zero-order chi connectivity index (χ0) is 20.8. The summed E-state index contributed by atoms with van der Waals surface area (Å²) in [5.74, 6) is -0.658. The number of carbonyl (C=O) groups is 1. The van der Waals surface area contributed by atoms with Crippen LogP contribution >= 0.6 is 0 Å². The van der Waals surface area contributed by atoms with Crippen molar-refractivity contribution >= 4 is 17.3 Å². The molecular weight excluding hydrogens is 370 g/mol. The van der Waals surface area contributed by atoms with Gasteiger partial charge in [0.05, 0.1) is 11.4 Å². The summed E-state index contributed by atoms with van der Waals surface area (Å²) in [5.41, 5.74) is 3.20. The second-order valence-electron chi connectivity index (χ2n) is 8.70. The molecule has 0 bridgehead atoms. The van der Waals surface area contributed by atoms with Crippen molar-refractivity contribution in [2.24, 2.45) is 11.3 Å². The van der Waals surface area contributed by atoms with Gasteiger partial charge >= 0.3 is 0 Å². The molecule has 1 aliphatic carbocycles. The van der Waals surface area contributed by atoms with Gasteiger partial charge in [-0.1, -0.05) is 39.0 Å². The molecule has 0 saturated carbocycles. The maximum absolute atomic E-state index is 13.9. The van der Waals surface area contributed by atoms with Crippen molar-refractivity contribution in [3.63, 3.8) is 0 Å². The van der Waals surface area contributed by atoms with E-state index in [1.165, 1.54) is 24.3 Å². The zero-order valence-corrected chi connectivity index (χ0v) is 16.8. The molecule has 0 unspecified atom stereocenters. The molecule has 1 atom stereocenters. The van der Waals surface area contributed by atoms with E-state index in [2.05, 4.69) is 32.2 Å². The van der Waals surface area contributed by atoms with E-state index in [-0.39, 0.29) is 17.1 Å². The van der Waals surface area contributed by atoms with Crippen LogP contribution < -0.4 is 10.2 Å². The van der Waals surface area contributed by atoms with Crippen molar-refractivity contribution < 1.29 is 13.6 Å². The normalized spacial score (nSPS) is 19.3. The smallest absolute Gasteiger partial charge is 0.279 e. The summed E-state index contributed by atoms with van der Waals surface area (Å²) in [6.07, 6.45) is 3.64. The number of amides is 1. The molecule has 0 saturated heterocycles. The lowest BCUT2D eigenvalue weighted by atomic mass is 9.72. The predicted molar refractivity (Wildman–Crippen MR) is 111 cm³/mol. The summed E-state index contributed by atoms with van der Waals surface area (Å²) < 4.78 is 27.5. The molecule has 5 heteroatoms. The fourth-order valence-electron chi connectivity index (χ4n) is 3.99. The topological polar surface area (TPSA) is 32.3 Å². The first-order valence-electron chi connectivity index (χ1n) is 9.80. The second-order valence-corrected chi connectivity index (χ2v) is 8.70. The fourth-order valence-corrected chi connectivity index (χ4v) is 3.99. The minimum atomic E-state index is -0.396. The summed E-state index contributed by atoms with van der Waals surface area (Å²) in [6, 6.07) is 12.1. The van der Waals surface area contributed by atoms with E-state index < -0.39 is 5.82 Å². The molecular formula is C24H24F2N2O. The van der Waals surface area contributed by atoms with Crippen LogP contribution in [0.15, 0.2) is 71.6 Å². The molecule has 0 fully saturated rings. The quantitative estimate of drug-likeness (QED) is 0.691. The number of nitrogens with zero attached hydrogens (tertiary/aromatic N) is 1. The first-order valence-corrected chi connectivity index (χ1v) is 9.80. The molecule has 4 rings (SSSR count). The Bertz CT molecular complexity index is 1030. The Morgan fingerprint density at radius 1 is 1.03 bits per heavy atom. The van der Waals surface area contributed by atoms with Gasteiger partial charge in [-0.3, -0.25) is 9.69 Å². The number of hydrogen-bond acceptors (Lipinski definition) is 2. The van der Waals surface area contributed by atoms with Crippen LogP contribution in [0.4, 0.5) is 20.2 Å². The monoisotopic (exact) mass is 394 g/mol. The van der Waals surface area contributed by atoms with Crippen LogP contribution in [-0.4, -0.2) is 5.91 Å². The highest BCUT2D eigenvalue weighted by molar-refractivity contribution is 6.15. The minimum absolute atomic E-state index is 0.0777. The van der Waals surface area contributed by atoms with E-state index in [4.69, 9.17) is 0 Å². The molecule has 2 aromatic carbocycles. The van der Waals surface area contributed by atoms with E-state index in [1.54, 1.807) is 29.2 Å². The van der Waals surface area contributed by atoms with Crippen molar-refractivity contribution in [1.29, 1.82) is 0 Å². The third-order valence-corrected chi connectivity index (χ3v) is 5.70. The van der Waals surface area contributed by atoms with E-state index in [9.17, 15) is 13.6 Å². The van der Waals surface area contributed by atoms with Crippen molar-refractivity contribution in [2.75, 3.05) is 10.2 Å². The van der Waals surface area contributed by atoms with Gasteiger partial charge in [0.1, 0.15) is 17.3 Å². The van der Waals surface area contributed by atoms with Crippen LogP contribution in [0.2, 0.25) is 0 Å². The molecule has 0 aromatic heterocycles. The number of hydrogen-bond donors (Lipinski definition) is 1. The van der Waals surface area contributed by atoms with Crippen LogP contribution in [-0.2, 0) is 4.79 Å². The summed E-state index contributed by atoms with van der Waals surface area (Å²) in [5, 5.41) is 3.13. The number of carbonyl (C=O) groups excluding carboxylic acids is 1. The number of allylic oxidation sites excluding steroid dienone is 2. The third kappa shape index (κ3) is 3.69. The van der Waals surface area contributed by atoms with Crippen LogP contribution in [0.1, 0.15) is 33.6 Å². The van der Waals surface area contributed by atoms with Crippen molar-refractivity contribution in [2.45, 2.75) is 33.6 Å². The number of fused-ring (bicyclic) bond motifs is 1. The van der Waals surface area contributed by atoms with Crippen LogP contribution in [0.5, 0.6) is 0 Å². The third-order valence-electron chi connectivity index (χ3n) is 5.70. The van der Waals surface area contributed by atoms with Crippen molar-refractivity contribution in [3.05, 3.63) is 83.2 Å². The molecule has 1 amide bonds. The minimum Gasteiger partial charge on any atom is -0.351 e. The molecule has 1 N–H and O–H groups in total. The Labute approximate surface area is 169 Å². The van der Waals surface area contributed by atoms with E-state index >= 15 is 0 Å². The average molecular weight is 394 g/mol. The number of halogens is 2. The number of nitrogens with one attached hydrogen (secondary N) is 1. The summed E-state index contributed by atoms with van der Waals surface area (Å²) >= 11 is 0. The van der Waals surface area contributed by atoms with Gasteiger partial charge in [0.15, 0.2) is 0 Å². The largest absolute Gasteiger partial charge is 0.351 e. The van der Waals surface area contributed by atoms with Gasteiger partial charge < -0.3 is 5.32 Å². The molecule has 2 aliphatic rings. The molecule has 0 spiro atoms. The fraction of sp³-hybridized carbons (Fsp3) is 0.292. The molecule has 1 aliphatic heterocycles. The van der Waals surface area contributed by atoms with Gasteiger partial charge in [0.2, 0.25) is 0 Å². The zero-order valence-electron chi connectivity index (χ0n) is 16.8. The molecule has 29 heavy (non-hydrogen) atoms. The summed E-state index contributed by atoms with van der Waals surface area (Å²) in [6.45, 7) is 6.58. The molecule has 2 aromatic rings. The Hall–Kier alpha value is -2.95. The molecule has 0 radical (unpaired) electrons. The highest BCUT2D eigenvalue weighted by Crippen LogP contribution is 2.46. The van der Waals surface area contributed by atoms with E-state index in [1.807, 2.05) is 0 Å². The van der Waals surface area contributed by atoms with Gasteiger partial charge in [-0.25, -0.2) is 8.78 Å². The lowest BCUT2D eigenvalue weighted by Gasteiger charge is -2.34. The Morgan fingerprint density at radius 3 is 2.38 bits per heavy atom. The lowest BCUT2D eigenvalue weighted by Crippen LogP contribution is -2.29. The van der Waals surface area contributed by atoms with Crippen LogP contribution in [0.25, 0.3) is 0 Å². The SMILES string of the molecule is CC(C)(C)[C@@H]1CC=C2C(=C(Nc3cccc(F)c3)C(=O)N2c2cccc(F)c2)C1. The van der Waals surface area contributed by atoms with Gasteiger partial charge in [0, 0.05) is 11.3 Å². The standard InChI is InChI=1S/C24H24F2N2O/c1-24(2,3)15-10-11-21-20(12-15)22(27-18-8-4-6-16(25)13-18)23(29)28(21)19-9-5-7-17(26)14-19/h4-9,11,13-15,27H,10,12H2,1-3H3/t15-/m1/s1. The first-order chi connectivity index (χ1) is 13.7. The predicted octanol–water partition coefficient (Wildman–Crippen LogP) is 6.02. The number of anilines is 2. The van der Waals surface area contributed by atoms with Gasteiger partial charge in [-0.2, -0.15) is 0 Å². The highest BCUT2D eigenvalue weighted by atomic mass is 19.1. The molecule has 1 heterocycles. The van der Waals surface area contributed by atoms with Crippen LogP contribution in [0.3, 0.4) is 0 Å². The van der Waals surface area contributed by atoms with Crippen molar-refractivity contribution in [3.8, 4) is 0 Å². The van der Waals surface area contributed by atoms with Gasteiger partial charge in [-0.15, -0.1) is 0 Å². The Kier molecular flexibility index (Phi) is 4.77. The first kappa shape index (κ1) is 19.4. The summed E-state index contributed by atoms with van der Waals surface area (Å²) in [4.78, 5) is 14.9. The second kappa shape index (κ2) is 7.14. The number of benzene rings is 2.